The van der Waals surface area contributed by atoms with E-state index in [0.717, 1.165) is 23.9 Å². The molecule has 0 aliphatic carbocycles. The highest BCUT2D eigenvalue weighted by molar-refractivity contribution is 14.1. The zero-order valence-corrected chi connectivity index (χ0v) is 12.3. The van der Waals surface area contributed by atoms with E-state index in [2.05, 4.69) is 29.5 Å². The van der Waals surface area contributed by atoms with Crippen LogP contribution in [-0.4, -0.2) is 23.4 Å². The van der Waals surface area contributed by atoms with Crippen molar-refractivity contribution in [1.29, 1.82) is 0 Å². The quantitative estimate of drug-likeness (QED) is 0.304. The summed E-state index contributed by atoms with van der Waals surface area (Å²) in [4.78, 5) is 10.6. The molecule has 0 unspecified atom stereocenters. The van der Waals surface area contributed by atoms with Crippen LogP contribution in [0.2, 0.25) is 0 Å². The number of unbranched alkanes of at least 4 members (excludes halogenated alkanes) is 4. The van der Waals surface area contributed by atoms with Crippen LogP contribution in [0.3, 0.4) is 0 Å². The van der Waals surface area contributed by atoms with Crippen LogP contribution in [0.15, 0.2) is 0 Å². The molecule has 1 fully saturated rings. The summed E-state index contributed by atoms with van der Waals surface area (Å²) in [7, 11) is 0. The predicted molar refractivity (Wildman–Crippen MR) is 72.6 cm³/mol. The fourth-order valence-electron chi connectivity index (χ4n) is 1.70. The Morgan fingerprint density at radius 2 is 1.94 bits per heavy atom. The molecule has 96 valence electrons. The van der Waals surface area contributed by atoms with Gasteiger partial charge in [-0.25, -0.2) is 9.78 Å². The molecule has 3 nitrogen and oxygen atoms in total. The smallest absolute Gasteiger partial charge is 0.191 e. The fraction of sp³-hybridized carbons (Fsp3) is 1.00. The Hall–Kier alpha value is 0.610. The van der Waals surface area contributed by atoms with E-state index in [1.807, 2.05) is 0 Å². The van der Waals surface area contributed by atoms with Crippen molar-refractivity contribution in [2.45, 2.75) is 64.3 Å². The molecule has 0 amide bonds. The van der Waals surface area contributed by atoms with E-state index in [1.165, 1.54) is 32.1 Å². The van der Waals surface area contributed by atoms with Gasteiger partial charge in [-0.15, -0.1) is 0 Å². The van der Waals surface area contributed by atoms with Gasteiger partial charge in [-0.1, -0.05) is 55.2 Å². The molecular formula is C12H23IO3. The first-order chi connectivity index (χ1) is 7.86. The van der Waals surface area contributed by atoms with Gasteiger partial charge in [0, 0.05) is 17.3 Å². The lowest BCUT2D eigenvalue weighted by Gasteiger charge is -2.14. The van der Waals surface area contributed by atoms with Crippen LogP contribution in [0.1, 0.15) is 51.9 Å². The molecule has 2 atom stereocenters. The van der Waals surface area contributed by atoms with Crippen molar-refractivity contribution in [1.82, 2.24) is 0 Å². The molecule has 0 N–H and O–H groups in total. The topological polar surface area (TPSA) is 27.7 Å². The minimum atomic E-state index is -0.144. The third kappa shape index (κ3) is 6.37. The lowest BCUT2D eigenvalue weighted by atomic mass is 10.1. The van der Waals surface area contributed by atoms with E-state index in [1.54, 1.807) is 0 Å². The van der Waals surface area contributed by atoms with E-state index in [9.17, 15) is 0 Å². The van der Waals surface area contributed by atoms with Crippen LogP contribution in [0.25, 0.3) is 0 Å². The Balaban J connectivity index is 2.03. The summed E-state index contributed by atoms with van der Waals surface area (Å²) in [6, 6.07) is 0. The number of halogens is 1. The molecule has 1 aliphatic heterocycles. The summed E-state index contributed by atoms with van der Waals surface area (Å²) in [5.41, 5.74) is 0. The Labute approximate surface area is 112 Å². The highest BCUT2D eigenvalue weighted by Gasteiger charge is 2.19. The fourth-order valence-corrected chi connectivity index (χ4v) is 2.28. The molecule has 1 aliphatic rings. The largest absolute Gasteiger partial charge is 0.350 e. The van der Waals surface area contributed by atoms with Crippen molar-refractivity contribution >= 4 is 22.6 Å². The van der Waals surface area contributed by atoms with Gasteiger partial charge in [-0.05, 0) is 6.42 Å². The molecule has 0 aromatic rings. The van der Waals surface area contributed by atoms with Crippen molar-refractivity contribution in [3.05, 3.63) is 0 Å². The van der Waals surface area contributed by atoms with Crippen LogP contribution in [0, 0.1) is 0 Å². The third-order valence-electron chi connectivity index (χ3n) is 2.76. The van der Waals surface area contributed by atoms with Crippen molar-refractivity contribution in [3.63, 3.8) is 0 Å². The Morgan fingerprint density at radius 1 is 1.12 bits per heavy atom. The average molecular weight is 342 g/mol. The number of hydrogen-bond acceptors (Lipinski definition) is 3. The van der Waals surface area contributed by atoms with Gasteiger partial charge in [0.05, 0.1) is 6.61 Å². The maximum atomic E-state index is 5.59. The van der Waals surface area contributed by atoms with Crippen LogP contribution in [-0.2, 0) is 14.5 Å². The van der Waals surface area contributed by atoms with E-state index in [4.69, 9.17) is 14.5 Å². The van der Waals surface area contributed by atoms with E-state index in [-0.39, 0.29) is 12.4 Å². The van der Waals surface area contributed by atoms with E-state index >= 15 is 0 Å². The maximum Gasteiger partial charge on any atom is 0.191 e. The summed E-state index contributed by atoms with van der Waals surface area (Å²) in [6.45, 7) is 2.99. The van der Waals surface area contributed by atoms with Crippen LogP contribution in [0.4, 0.5) is 0 Å². The lowest BCUT2D eigenvalue weighted by molar-refractivity contribution is -0.379. The Kier molecular flexibility index (Phi) is 8.82. The molecule has 0 aromatic carbocycles. The molecule has 16 heavy (non-hydrogen) atoms. The van der Waals surface area contributed by atoms with Gasteiger partial charge in [0.25, 0.3) is 0 Å². The second kappa shape index (κ2) is 9.62. The third-order valence-corrected chi connectivity index (χ3v) is 3.74. The van der Waals surface area contributed by atoms with Gasteiger partial charge < -0.3 is 4.74 Å². The summed E-state index contributed by atoms with van der Waals surface area (Å²) >= 11 is 2.31. The monoisotopic (exact) mass is 342 g/mol. The predicted octanol–water partition coefficient (Wildman–Crippen LogP) is 3.85. The molecule has 0 spiro atoms. The molecule has 0 aromatic heterocycles. The maximum absolute atomic E-state index is 5.59. The van der Waals surface area contributed by atoms with Crippen LogP contribution < -0.4 is 0 Å². The number of hydrogen-bond donors (Lipinski definition) is 0. The molecule has 1 heterocycles. The molecule has 0 radical (unpaired) electrons. The average Bonchev–Trinajstić information content (AvgIpc) is 2.54. The molecule has 1 saturated heterocycles. The number of rotatable bonds is 7. The second-order valence-electron chi connectivity index (χ2n) is 4.26. The Bertz CT molecular complexity index is 166. The van der Waals surface area contributed by atoms with Gasteiger partial charge in [0.1, 0.15) is 6.10 Å². The van der Waals surface area contributed by atoms with E-state index < -0.39 is 0 Å². The minimum Gasteiger partial charge on any atom is -0.350 e. The summed E-state index contributed by atoms with van der Waals surface area (Å²) in [5.74, 6) is 0. The van der Waals surface area contributed by atoms with Crippen molar-refractivity contribution in [2.24, 2.45) is 0 Å². The molecule has 4 heteroatoms. The summed E-state index contributed by atoms with van der Waals surface area (Å²) in [6.07, 6.45) is 8.33. The van der Waals surface area contributed by atoms with Crippen molar-refractivity contribution in [2.75, 3.05) is 11.0 Å². The van der Waals surface area contributed by atoms with Crippen molar-refractivity contribution < 1.29 is 14.5 Å². The van der Waals surface area contributed by atoms with Gasteiger partial charge >= 0.3 is 0 Å². The van der Waals surface area contributed by atoms with Gasteiger partial charge in [-0.3, -0.25) is 0 Å². The van der Waals surface area contributed by atoms with E-state index in [0.29, 0.717) is 0 Å². The minimum absolute atomic E-state index is 0.144. The summed E-state index contributed by atoms with van der Waals surface area (Å²) < 4.78 is 6.55. The summed E-state index contributed by atoms with van der Waals surface area (Å²) in [5, 5.41) is 0. The SMILES string of the molecule is CCCCCCC[C@@H]1OCC[C@@H](CI)OO1. The first-order valence-corrected chi connectivity index (χ1v) is 7.89. The first kappa shape index (κ1) is 14.7. The molecular weight excluding hydrogens is 319 g/mol. The first-order valence-electron chi connectivity index (χ1n) is 6.36. The molecule has 1 rings (SSSR count). The zero-order chi connectivity index (χ0) is 11.6. The number of ether oxygens (including phenoxy) is 1. The standard InChI is InChI=1S/C12H23IO3/c1-2-3-4-5-6-7-12-14-9-8-11(10-13)15-16-12/h11-12H,2-10H2,1H3/t11-,12+/m0/s1. The Morgan fingerprint density at radius 3 is 2.69 bits per heavy atom. The normalized spacial score (nSPS) is 26.6. The highest BCUT2D eigenvalue weighted by atomic mass is 127. The highest BCUT2D eigenvalue weighted by Crippen LogP contribution is 2.17. The molecule has 0 saturated carbocycles. The van der Waals surface area contributed by atoms with Gasteiger partial charge in [0.2, 0.25) is 0 Å². The second-order valence-corrected chi connectivity index (χ2v) is 5.14. The van der Waals surface area contributed by atoms with Crippen molar-refractivity contribution in [3.8, 4) is 0 Å². The molecule has 0 bridgehead atoms. The van der Waals surface area contributed by atoms with Gasteiger partial charge in [-0.2, -0.15) is 0 Å². The van der Waals surface area contributed by atoms with Gasteiger partial charge in [0.15, 0.2) is 6.29 Å². The van der Waals surface area contributed by atoms with Crippen LogP contribution in [0.5, 0.6) is 0 Å². The lowest BCUT2D eigenvalue weighted by Crippen LogP contribution is -2.17. The van der Waals surface area contributed by atoms with Crippen LogP contribution >= 0.6 is 22.6 Å². The zero-order valence-electron chi connectivity index (χ0n) is 10.1. The number of alkyl halides is 1.